The van der Waals surface area contributed by atoms with Gasteiger partial charge in [0.2, 0.25) is 5.43 Å². The number of aliphatic hydroxyl groups is 15. The molecule has 620 valence electrons. The summed E-state index contributed by atoms with van der Waals surface area (Å²) in [6.45, 7) is -2.99. The summed E-state index contributed by atoms with van der Waals surface area (Å²) in [6, 6.07) is 57.6. The van der Waals surface area contributed by atoms with Gasteiger partial charge in [-0.2, -0.15) is 0 Å². The molecule has 5 heterocycles. The molecule has 0 fully saturated rings. The predicted molar refractivity (Wildman–Crippen MR) is 428 cm³/mol. The second kappa shape index (κ2) is 47.2. The van der Waals surface area contributed by atoms with Crippen LogP contribution >= 0.6 is 0 Å². The smallest absolute Gasteiger partial charge is 0.336 e. The van der Waals surface area contributed by atoms with Gasteiger partial charge >= 0.3 is 11.3 Å². The third-order valence-corrected chi connectivity index (χ3v) is 19.0. The molecular weight excluding hydrogens is 5520 g/mol. The molecule has 15 aromatic rings. The average Bonchev–Trinajstić information content (AvgIpc) is 0.794. The third kappa shape index (κ3) is 21.7. The molecule has 0 aliphatic heterocycles. The molecule has 0 aliphatic rings. The minimum Gasteiger partial charge on any atom is -0.463 e. The molecule has 0 spiro atoms. The first-order chi connectivity index (χ1) is 55.8. The normalized spacial score (nSPS) is 9.81. The summed E-state index contributed by atoms with van der Waals surface area (Å²) in [7, 11) is 0. The van der Waals surface area contributed by atoms with E-state index in [2.05, 4.69) is 0 Å². The van der Waals surface area contributed by atoms with Crippen molar-refractivity contribution < 1.29 is 98.7 Å². The van der Waals surface area contributed by atoms with Gasteiger partial charge in [-0.3, -0.25) is 14.4 Å². The van der Waals surface area contributed by atoms with E-state index in [-0.39, 0.29) is 121 Å². The first-order valence-corrected chi connectivity index (χ1v) is 35.9. The van der Waals surface area contributed by atoms with Crippen molar-refractivity contribution in [3.8, 4) is 56.0 Å². The summed E-state index contributed by atoms with van der Waals surface area (Å²) in [5.41, 5.74) is 14.3. The van der Waals surface area contributed by atoms with Gasteiger partial charge in [0.25, 0.3) is 0 Å². The topological polar surface area (TPSA) is 454 Å². The van der Waals surface area contributed by atoms with Crippen LogP contribution in [0.25, 0.3) is 111 Å². The molecule has 0 aliphatic carbocycles. The van der Waals surface area contributed by atoms with Gasteiger partial charge in [-0.05, 0) is 149 Å². The predicted octanol–water partition coefficient (Wildman–Crippen LogP) is 9.68. The number of rotatable bonds is 20. The number of hydrogen-bond donors (Lipinski definition) is 15. The van der Waals surface area contributed by atoms with E-state index in [0.29, 0.717) is 139 Å². The Hall–Kier alpha value is -27.4. The maximum Gasteiger partial charge on any atom is 0.336 e. The fourth-order valence-corrected chi connectivity index (χ4v) is 13.0. The van der Waals surface area contributed by atoms with Crippen LogP contribution in [0, 0.1) is 0 Å². The summed E-state index contributed by atoms with van der Waals surface area (Å²) < 4.78 is 27.6. The maximum atomic E-state index is 12.8. The molecule has 5 aromatic heterocycles. The van der Waals surface area contributed by atoms with E-state index in [9.17, 15) is 75.0 Å². The van der Waals surface area contributed by atoms with Crippen molar-refractivity contribution in [2.75, 3.05) is 0 Å². The molecule has 0 amide bonds. The molecule has 40 heteroatoms. The Morgan fingerprint density at radius 1 is 0.215 bits per heavy atom. The van der Waals surface area contributed by atoms with Gasteiger partial charge in [0.05, 0.1) is 121 Å². The molecule has 130 heavy (non-hydrogen) atoms. The molecule has 0 radical (unpaired) electrons. The maximum absolute atomic E-state index is 12.8. The Morgan fingerprint density at radius 3 is 1.02 bits per heavy atom. The number of aliphatic hydroxyl groups excluding tert-OH is 15. The monoisotopic (exact) mass is 5630 g/mol. The second-order valence-electron chi connectivity index (χ2n) is 26.3. The van der Waals surface area contributed by atoms with Crippen LogP contribution in [0.5, 0.6) is 0 Å². The van der Waals surface area contributed by atoms with Gasteiger partial charge in [-0.15, -0.1) is 0 Å². The summed E-state index contributed by atoms with van der Waals surface area (Å²) in [5.74, 6) is 0.782. The first-order valence-electron chi connectivity index (χ1n) is 35.9. The molecule has 0 unspecified atom stereocenters. The Bertz CT molecular complexity index is 6310. The third-order valence-electron chi connectivity index (χ3n) is 19.0. The van der Waals surface area contributed by atoms with Crippen molar-refractivity contribution in [1.29, 1.82) is 0 Å². The van der Waals surface area contributed by atoms with E-state index >= 15 is 0 Å². The van der Waals surface area contributed by atoms with Crippen molar-refractivity contribution in [2.45, 2.75) is 99.1 Å². The fourth-order valence-electron chi connectivity index (χ4n) is 13.0. The van der Waals surface area contributed by atoms with Gasteiger partial charge in [-0.25, -0.2) is 9.59 Å². The van der Waals surface area contributed by atoms with Crippen LogP contribution in [0.3, 0.4) is 0 Å². The molecule has 15 N–H and O–H groups in total. The minimum atomic E-state index is -0.559. The van der Waals surface area contributed by atoms with Gasteiger partial charge in [0.1, 0.15) is 45.7 Å². The van der Waals surface area contributed by atoms with Gasteiger partial charge in [-0.1, -0.05) is 133 Å². The molecular formula is C90H80O25Sg15. The Labute approximate surface area is 653 Å². The van der Waals surface area contributed by atoms with Crippen LogP contribution in [0.4, 0.5) is 0 Å². The van der Waals surface area contributed by atoms with E-state index in [1.807, 2.05) is 42.5 Å². The van der Waals surface area contributed by atoms with E-state index in [0.717, 1.165) is 50.1 Å². The standard InChI is InChI=1S/5C18H16O5.15Sg/c19-8-11-1-3-13(4-2-11)16-7-15(22)18-14(10-21)5-12(9-20)6-17(18)23-16;19-8-11-1-3-13(4-2-11)17-7-16(22)15-6-12(9-20)5-14(10-21)18(15)23-17;19-8-11-1-3-12(4-2-11)13-5-15(10-21)18-16(6-13)14(9-20)7-17(22)23-18;19-8-11-1-3-12(4-2-11)13-5-14(9-20)18-15(10-21)7-17(22)23-16(18)6-13;19-7-11-1-3-12(4-2-11)15-10-23-16-6-5-13(8-20)14(9-21)17(16)18(15)22;;;;;;;;;;;;;;;/h4*1-7,19-21H,8-10H2;1-6,10,19-21H,7-9H2;;;;;;;;;;;;;;;. The summed E-state index contributed by atoms with van der Waals surface area (Å²) in [4.78, 5) is 60.8. The Balaban J connectivity index is -0.000000487. The van der Waals surface area contributed by atoms with Crippen LogP contribution in [0.1, 0.15) is 83.5 Å². The number of benzene rings is 10. The zero-order valence-corrected chi connectivity index (χ0v) is 169. The van der Waals surface area contributed by atoms with Crippen LogP contribution in [0.2, 0.25) is 0 Å². The Morgan fingerprint density at radius 2 is 0.569 bits per heavy atom. The van der Waals surface area contributed by atoms with Crippen molar-refractivity contribution in [2.24, 2.45) is 0 Å². The second-order valence-corrected chi connectivity index (χ2v) is 26.3. The van der Waals surface area contributed by atoms with E-state index in [1.54, 1.807) is 140 Å². The molecule has 0 atom stereocenters. The Kier molecular flexibility index (Phi) is 40.4. The van der Waals surface area contributed by atoms with Crippen molar-refractivity contribution >= 4 is 54.8 Å². The van der Waals surface area contributed by atoms with Crippen LogP contribution < -0.4 is 27.5 Å². The van der Waals surface area contributed by atoms with Crippen molar-refractivity contribution in [1.82, 2.24) is 0 Å². The zero-order valence-electron chi connectivity index (χ0n) is 72.2. The summed E-state index contributed by atoms with van der Waals surface area (Å²) in [6.07, 6.45) is 1.39. The SMILES string of the molecule is O=c1c(-c2ccc(CO)cc2)coc2ccc(CO)c(CO)c12.O=c1cc(-c2ccc(CO)cc2)oc2c(CO)cc(CO)cc12.O=c1cc(-c2ccc(CO)cc2)oc2cc(CO)cc(CO)c12.O=c1cc(CO)c2c(CO)cc(-c3ccc(CO)cc3)cc2o1.O=c1cc(CO)c2cc(-c3ccc(CO)cc3)cc(CO)c2o1.[Sg].[Sg].[Sg].[Sg].[Sg].[Sg].[Sg].[Sg].[Sg].[Sg].[Sg].[Sg].[Sg].[Sg].[Sg]. The first kappa shape index (κ1) is 111. The molecule has 10 aromatic carbocycles. The van der Waals surface area contributed by atoms with E-state index in [4.69, 9.17) is 47.6 Å². The summed E-state index contributed by atoms with van der Waals surface area (Å²) >= 11 is 0. The molecule has 0 saturated heterocycles. The van der Waals surface area contributed by atoms with E-state index < -0.39 is 11.3 Å². The quantitative estimate of drug-likeness (QED) is 0.0315. The fraction of sp³-hybridized carbons (Fsp3) is 0.167. The van der Waals surface area contributed by atoms with Gasteiger partial charge < -0.3 is 98.7 Å². The molecule has 0 bridgehead atoms. The largest absolute Gasteiger partial charge is 0.463 e. The molecule has 15 rings (SSSR count). The van der Waals surface area contributed by atoms with Gasteiger partial charge in [0, 0.05) is 57.3 Å². The van der Waals surface area contributed by atoms with Crippen LogP contribution in [0.15, 0.2) is 259 Å². The van der Waals surface area contributed by atoms with Crippen LogP contribution in [-0.4, -0.2) is 76.6 Å². The average molecular weight is 5600 g/mol. The molecule has 25 nitrogen and oxygen atoms in total. The van der Waals surface area contributed by atoms with Crippen molar-refractivity contribution in [3.63, 3.8) is 0 Å². The van der Waals surface area contributed by atoms with Gasteiger partial charge in [0.15, 0.2) is 10.9 Å². The summed E-state index contributed by atoms with van der Waals surface area (Å²) in [5, 5.41) is 142. The zero-order chi connectivity index (χ0) is 82.0. The van der Waals surface area contributed by atoms with Crippen molar-refractivity contribution in [3.05, 3.63) is 347 Å². The van der Waals surface area contributed by atoms with E-state index in [1.165, 1.54) is 30.5 Å². The number of fused-ring (bicyclic) bond motifs is 5. The number of hydrogen-bond acceptors (Lipinski definition) is 25. The van der Waals surface area contributed by atoms with Crippen LogP contribution in [-0.2, 0) is 99.1 Å². The minimum absolute atomic E-state index is 0. The molecule has 0 saturated carbocycles.